The molecule has 2 rings (SSSR count). The van der Waals surface area contributed by atoms with Crippen LogP contribution in [-0.4, -0.2) is 30.6 Å². The summed E-state index contributed by atoms with van der Waals surface area (Å²) in [5, 5.41) is 13.6. The van der Waals surface area contributed by atoms with Crippen molar-refractivity contribution >= 4 is 22.6 Å². The van der Waals surface area contributed by atoms with Gasteiger partial charge in [0.2, 0.25) is 5.91 Å². The first-order chi connectivity index (χ1) is 11.6. The van der Waals surface area contributed by atoms with Gasteiger partial charge < -0.3 is 15.2 Å². The SMILES string of the molecule is C.COc1ccc2cc(CC(=O)NCCCCCC(=O)O)ccc2c1. The molecule has 2 aromatic carbocycles. The lowest BCUT2D eigenvalue weighted by Crippen LogP contribution is -2.26. The summed E-state index contributed by atoms with van der Waals surface area (Å²) in [6.45, 7) is 0.587. The average Bonchev–Trinajstić information content (AvgIpc) is 2.57. The molecule has 0 radical (unpaired) electrons. The van der Waals surface area contributed by atoms with E-state index >= 15 is 0 Å². The molecular weight excluding hydrogens is 318 g/mol. The van der Waals surface area contributed by atoms with Gasteiger partial charge in [0.25, 0.3) is 0 Å². The van der Waals surface area contributed by atoms with Crippen molar-refractivity contribution < 1.29 is 19.4 Å². The summed E-state index contributed by atoms with van der Waals surface area (Å²) in [7, 11) is 1.64. The Morgan fingerprint density at radius 1 is 1.04 bits per heavy atom. The highest BCUT2D eigenvalue weighted by molar-refractivity contribution is 5.86. The Morgan fingerprint density at radius 3 is 2.48 bits per heavy atom. The van der Waals surface area contributed by atoms with Crippen LogP contribution in [-0.2, 0) is 16.0 Å². The Balaban J connectivity index is 0.00000312. The van der Waals surface area contributed by atoms with Crippen molar-refractivity contribution in [3.05, 3.63) is 42.0 Å². The van der Waals surface area contributed by atoms with Gasteiger partial charge >= 0.3 is 5.97 Å². The van der Waals surface area contributed by atoms with E-state index in [9.17, 15) is 9.59 Å². The molecule has 0 heterocycles. The minimum Gasteiger partial charge on any atom is -0.497 e. The van der Waals surface area contributed by atoms with Crippen molar-refractivity contribution in [2.24, 2.45) is 0 Å². The van der Waals surface area contributed by atoms with E-state index in [1.165, 1.54) is 0 Å². The van der Waals surface area contributed by atoms with Crippen LogP contribution >= 0.6 is 0 Å². The van der Waals surface area contributed by atoms with E-state index in [0.717, 1.165) is 34.9 Å². The summed E-state index contributed by atoms with van der Waals surface area (Å²) >= 11 is 0. The van der Waals surface area contributed by atoms with Gasteiger partial charge in [-0.1, -0.05) is 38.1 Å². The third-order valence-electron chi connectivity index (χ3n) is 3.87. The highest BCUT2D eigenvalue weighted by Gasteiger charge is 2.05. The Bertz CT molecular complexity index is 712. The number of benzene rings is 2. The van der Waals surface area contributed by atoms with Crippen molar-refractivity contribution in [1.29, 1.82) is 0 Å². The molecule has 0 fully saturated rings. The number of nitrogens with one attached hydrogen (secondary N) is 1. The van der Waals surface area contributed by atoms with Crippen molar-refractivity contribution in [3.63, 3.8) is 0 Å². The summed E-state index contributed by atoms with van der Waals surface area (Å²) < 4.78 is 5.21. The van der Waals surface area contributed by atoms with E-state index in [1.807, 2.05) is 36.4 Å². The lowest BCUT2D eigenvalue weighted by molar-refractivity contribution is -0.137. The smallest absolute Gasteiger partial charge is 0.303 e. The zero-order chi connectivity index (χ0) is 17.4. The molecule has 0 spiro atoms. The Hall–Kier alpha value is -2.56. The van der Waals surface area contributed by atoms with Gasteiger partial charge in [-0.05, 0) is 41.3 Å². The number of rotatable bonds is 9. The molecule has 0 aliphatic rings. The Labute approximate surface area is 149 Å². The summed E-state index contributed by atoms with van der Waals surface area (Å²) in [6, 6.07) is 11.8. The van der Waals surface area contributed by atoms with E-state index in [2.05, 4.69) is 5.32 Å². The maximum absolute atomic E-state index is 12.0. The number of unbranched alkanes of at least 4 members (excludes halogenated alkanes) is 2. The normalized spacial score (nSPS) is 10.1. The zero-order valence-corrected chi connectivity index (χ0v) is 13.9. The van der Waals surface area contributed by atoms with Crippen LogP contribution in [0.25, 0.3) is 10.8 Å². The highest BCUT2D eigenvalue weighted by Crippen LogP contribution is 2.22. The van der Waals surface area contributed by atoms with Gasteiger partial charge in [-0.25, -0.2) is 0 Å². The zero-order valence-electron chi connectivity index (χ0n) is 13.9. The molecule has 0 unspecified atom stereocenters. The number of ether oxygens (including phenoxy) is 1. The number of fused-ring (bicyclic) bond motifs is 1. The van der Waals surface area contributed by atoms with Crippen molar-refractivity contribution in [2.75, 3.05) is 13.7 Å². The molecule has 25 heavy (non-hydrogen) atoms. The lowest BCUT2D eigenvalue weighted by atomic mass is 10.0. The third-order valence-corrected chi connectivity index (χ3v) is 3.87. The molecule has 2 aromatic rings. The van der Waals surface area contributed by atoms with Crippen molar-refractivity contribution in [1.82, 2.24) is 5.32 Å². The van der Waals surface area contributed by atoms with Crippen molar-refractivity contribution in [3.8, 4) is 5.75 Å². The van der Waals surface area contributed by atoms with Crippen LogP contribution in [0.2, 0.25) is 0 Å². The molecule has 2 N–H and O–H groups in total. The predicted octanol–water partition coefficient (Wildman–Crippen LogP) is 3.79. The van der Waals surface area contributed by atoms with Gasteiger partial charge in [0.1, 0.15) is 5.75 Å². The Morgan fingerprint density at radius 2 is 1.76 bits per heavy atom. The number of methoxy groups -OCH3 is 1. The molecule has 0 aliphatic heterocycles. The molecule has 5 heteroatoms. The number of carboxylic acids is 1. The molecule has 0 saturated carbocycles. The van der Waals surface area contributed by atoms with Crippen LogP contribution in [0, 0.1) is 0 Å². The monoisotopic (exact) mass is 345 g/mol. The lowest BCUT2D eigenvalue weighted by Gasteiger charge is -2.07. The van der Waals surface area contributed by atoms with Crippen LogP contribution in [0.1, 0.15) is 38.7 Å². The van der Waals surface area contributed by atoms with Gasteiger partial charge in [0.05, 0.1) is 13.5 Å². The van der Waals surface area contributed by atoms with E-state index in [1.54, 1.807) is 7.11 Å². The number of hydrogen-bond acceptors (Lipinski definition) is 3. The van der Waals surface area contributed by atoms with Crippen LogP contribution in [0.15, 0.2) is 36.4 Å². The summed E-state index contributed by atoms with van der Waals surface area (Å²) in [5.41, 5.74) is 0.969. The minimum absolute atomic E-state index is 0. The topological polar surface area (TPSA) is 75.6 Å². The maximum Gasteiger partial charge on any atom is 0.303 e. The molecule has 0 saturated heterocycles. The second-order valence-corrected chi connectivity index (χ2v) is 5.78. The van der Waals surface area contributed by atoms with Gasteiger partial charge in [0, 0.05) is 13.0 Å². The van der Waals surface area contributed by atoms with E-state index in [0.29, 0.717) is 19.4 Å². The third kappa shape index (κ3) is 6.83. The van der Waals surface area contributed by atoms with Gasteiger partial charge in [-0.2, -0.15) is 0 Å². The van der Waals surface area contributed by atoms with Crippen molar-refractivity contribution in [2.45, 2.75) is 39.5 Å². The number of aliphatic carboxylic acids is 1. The summed E-state index contributed by atoms with van der Waals surface area (Å²) in [4.78, 5) is 22.4. The number of hydrogen-bond donors (Lipinski definition) is 2. The summed E-state index contributed by atoms with van der Waals surface area (Å²) in [6.07, 6.45) is 2.80. The molecule has 0 aliphatic carbocycles. The molecule has 0 aromatic heterocycles. The molecular formula is C20H27NO4. The number of carbonyl (C=O) groups excluding carboxylic acids is 1. The van der Waals surface area contributed by atoms with Gasteiger partial charge in [-0.15, -0.1) is 0 Å². The molecule has 136 valence electrons. The van der Waals surface area contributed by atoms with E-state index < -0.39 is 5.97 Å². The molecule has 0 atom stereocenters. The number of carboxylic acid groups (broad SMARTS) is 1. The Kier molecular flexibility index (Phi) is 8.47. The first-order valence-electron chi connectivity index (χ1n) is 8.13. The second kappa shape index (κ2) is 10.3. The molecule has 1 amide bonds. The van der Waals surface area contributed by atoms with Gasteiger partial charge in [-0.3, -0.25) is 9.59 Å². The van der Waals surface area contributed by atoms with Crippen LogP contribution < -0.4 is 10.1 Å². The number of amides is 1. The number of carbonyl (C=O) groups is 2. The fraction of sp³-hybridized carbons (Fsp3) is 0.400. The van der Waals surface area contributed by atoms with Gasteiger partial charge in [0.15, 0.2) is 0 Å². The van der Waals surface area contributed by atoms with Crippen LogP contribution in [0.3, 0.4) is 0 Å². The maximum atomic E-state index is 12.0. The average molecular weight is 345 g/mol. The molecule has 0 bridgehead atoms. The predicted molar refractivity (Wildman–Crippen MR) is 100 cm³/mol. The van der Waals surface area contributed by atoms with Crippen LogP contribution in [0.5, 0.6) is 5.75 Å². The minimum atomic E-state index is -0.770. The quantitative estimate of drug-likeness (QED) is 0.678. The van der Waals surface area contributed by atoms with Crippen LogP contribution in [0.4, 0.5) is 0 Å². The highest BCUT2D eigenvalue weighted by atomic mass is 16.5. The fourth-order valence-corrected chi connectivity index (χ4v) is 2.56. The largest absolute Gasteiger partial charge is 0.497 e. The summed E-state index contributed by atoms with van der Waals surface area (Å²) in [5.74, 6) is 0.0324. The van der Waals surface area contributed by atoms with E-state index in [-0.39, 0.29) is 19.8 Å². The standard InChI is InChI=1S/C19H23NO4.CH4/c1-24-17-9-8-15-11-14(6-7-16(15)13-17)12-18(21)20-10-4-2-3-5-19(22)23;/h6-9,11,13H,2-5,10,12H2,1H3,(H,20,21)(H,22,23);1H4. The second-order valence-electron chi connectivity index (χ2n) is 5.78. The fourth-order valence-electron chi connectivity index (χ4n) is 2.56. The molecule has 5 nitrogen and oxygen atoms in total. The first kappa shape index (κ1) is 20.5. The van der Waals surface area contributed by atoms with E-state index in [4.69, 9.17) is 9.84 Å². The first-order valence-corrected chi connectivity index (χ1v) is 8.13.